The fraction of sp³-hybridized carbons (Fsp3) is 0.103. The molecule has 0 aliphatic carbocycles. The first-order valence-electron chi connectivity index (χ1n) is 10.6. The van der Waals surface area contributed by atoms with Crippen molar-refractivity contribution in [1.29, 1.82) is 0 Å². The number of methoxy groups -OCH3 is 2. The number of aryl methyl sites for hydroxylation is 1. The van der Waals surface area contributed by atoms with Crippen LogP contribution in [0.3, 0.4) is 0 Å². The molecule has 4 rings (SSSR count). The van der Waals surface area contributed by atoms with Gasteiger partial charge in [0.05, 0.1) is 14.2 Å². The third kappa shape index (κ3) is 5.01. The molecular weight excluding hydrogens is 394 g/mol. The summed E-state index contributed by atoms with van der Waals surface area (Å²) < 4.78 is 10.7. The minimum Gasteiger partial charge on any atom is -0.497 e. The Bertz CT molecular complexity index is 1110. The van der Waals surface area contributed by atoms with Crippen LogP contribution in [0.15, 0.2) is 97.1 Å². The molecule has 0 heterocycles. The van der Waals surface area contributed by atoms with Crippen LogP contribution in [0.4, 0.5) is 17.1 Å². The van der Waals surface area contributed by atoms with Crippen LogP contribution in [0, 0.1) is 6.92 Å². The average Bonchev–Trinajstić information content (AvgIpc) is 2.85. The van der Waals surface area contributed by atoms with Crippen LogP contribution < -0.4 is 14.4 Å². The molecule has 0 N–H and O–H groups in total. The summed E-state index contributed by atoms with van der Waals surface area (Å²) >= 11 is 0. The Morgan fingerprint density at radius 1 is 0.500 bits per heavy atom. The van der Waals surface area contributed by atoms with E-state index in [4.69, 9.17) is 9.47 Å². The quantitative estimate of drug-likeness (QED) is 0.286. The maximum atomic E-state index is 5.33. The molecule has 4 aromatic rings. The molecule has 0 radical (unpaired) electrons. The van der Waals surface area contributed by atoms with E-state index in [2.05, 4.69) is 96.8 Å². The summed E-state index contributed by atoms with van der Waals surface area (Å²) in [6.07, 6.45) is 4.28. The highest BCUT2D eigenvalue weighted by atomic mass is 16.5. The van der Waals surface area contributed by atoms with Crippen molar-refractivity contribution in [3.8, 4) is 11.5 Å². The lowest BCUT2D eigenvalue weighted by Crippen LogP contribution is -2.09. The molecule has 0 saturated carbocycles. The van der Waals surface area contributed by atoms with Gasteiger partial charge in [0.2, 0.25) is 0 Å². The summed E-state index contributed by atoms with van der Waals surface area (Å²) in [5.41, 5.74) is 6.80. The van der Waals surface area contributed by atoms with Crippen molar-refractivity contribution in [3.63, 3.8) is 0 Å². The summed E-state index contributed by atoms with van der Waals surface area (Å²) in [4.78, 5) is 2.21. The molecule has 160 valence electrons. The van der Waals surface area contributed by atoms with E-state index in [0.717, 1.165) is 34.1 Å². The van der Waals surface area contributed by atoms with Crippen LogP contribution in [0.1, 0.15) is 16.7 Å². The van der Waals surface area contributed by atoms with E-state index in [0.29, 0.717) is 0 Å². The highest BCUT2D eigenvalue weighted by Gasteiger charge is 2.12. The smallest absolute Gasteiger partial charge is 0.119 e. The molecule has 0 saturated heterocycles. The summed E-state index contributed by atoms with van der Waals surface area (Å²) in [5, 5.41) is 0. The van der Waals surface area contributed by atoms with Crippen molar-refractivity contribution in [2.45, 2.75) is 6.92 Å². The van der Waals surface area contributed by atoms with E-state index in [1.165, 1.54) is 11.1 Å². The molecule has 0 amide bonds. The number of nitrogens with zero attached hydrogens (tertiary/aromatic N) is 1. The predicted molar refractivity (Wildman–Crippen MR) is 134 cm³/mol. The first-order valence-corrected chi connectivity index (χ1v) is 10.6. The molecule has 0 aliphatic heterocycles. The number of rotatable bonds is 7. The first-order chi connectivity index (χ1) is 15.7. The van der Waals surface area contributed by atoms with Gasteiger partial charge in [0.15, 0.2) is 0 Å². The molecule has 0 bridgehead atoms. The Kier molecular flexibility index (Phi) is 6.57. The van der Waals surface area contributed by atoms with Crippen molar-refractivity contribution < 1.29 is 9.47 Å². The topological polar surface area (TPSA) is 21.7 Å². The van der Waals surface area contributed by atoms with E-state index in [1.807, 2.05) is 24.3 Å². The molecule has 32 heavy (non-hydrogen) atoms. The van der Waals surface area contributed by atoms with Crippen LogP contribution in [-0.2, 0) is 0 Å². The van der Waals surface area contributed by atoms with Crippen molar-refractivity contribution in [2.75, 3.05) is 19.1 Å². The number of ether oxygens (including phenoxy) is 2. The van der Waals surface area contributed by atoms with Gasteiger partial charge in [-0.15, -0.1) is 0 Å². The molecule has 3 nitrogen and oxygen atoms in total. The number of anilines is 3. The summed E-state index contributed by atoms with van der Waals surface area (Å²) in [6.45, 7) is 2.10. The molecule has 0 atom stereocenters. The minimum absolute atomic E-state index is 0.833. The van der Waals surface area contributed by atoms with Gasteiger partial charge in [-0.2, -0.15) is 0 Å². The van der Waals surface area contributed by atoms with E-state index < -0.39 is 0 Å². The normalized spacial score (nSPS) is 10.8. The first kappa shape index (κ1) is 21.3. The maximum absolute atomic E-state index is 5.33. The van der Waals surface area contributed by atoms with Gasteiger partial charge < -0.3 is 14.4 Å². The molecule has 0 aromatic heterocycles. The predicted octanol–water partition coefficient (Wildman–Crippen LogP) is 7.65. The molecule has 0 aliphatic rings. The van der Waals surface area contributed by atoms with Crippen LogP contribution >= 0.6 is 0 Å². The Hall–Kier alpha value is -3.98. The number of hydrogen-bond acceptors (Lipinski definition) is 3. The van der Waals surface area contributed by atoms with Crippen molar-refractivity contribution >= 4 is 29.2 Å². The van der Waals surface area contributed by atoms with Gasteiger partial charge in [-0.1, -0.05) is 54.1 Å². The molecule has 0 unspecified atom stereocenters. The van der Waals surface area contributed by atoms with Gasteiger partial charge >= 0.3 is 0 Å². The third-order valence-electron chi connectivity index (χ3n) is 5.36. The average molecular weight is 422 g/mol. The largest absolute Gasteiger partial charge is 0.497 e. The zero-order chi connectivity index (χ0) is 22.3. The Labute approximate surface area is 190 Å². The summed E-state index contributed by atoms with van der Waals surface area (Å²) in [6, 6.07) is 33.3. The van der Waals surface area contributed by atoms with E-state index >= 15 is 0 Å². The number of hydrogen-bond donors (Lipinski definition) is 0. The lowest BCUT2D eigenvalue weighted by Gasteiger charge is -2.26. The summed E-state index contributed by atoms with van der Waals surface area (Å²) in [5.74, 6) is 1.67. The fourth-order valence-electron chi connectivity index (χ4n) is 3.51. The fourth-order valence-corrected chi connectivity index (χ4v) is 3.51. The van der Waals surface area contributed by atoms with Gasteiger partial charge in [-0.25, -0.2) is 0 Å². The number of benzene rings is 4. The van der Waals surface area contributed by atoms with Crippen LogP contribution in [0.2, 0.25) is 0 Å². The zero-order valence-electron chi connectivity index (χ0n) is 18.7. The third-order valence-corrected chi connectivity index (χ3v) is 5.36. The Morgan fingerprint density at radius 2 is 0.844 bits per heavy atom. The van der Waals surface area contributed by atoms with Gasteiger partial charge in [0.25, 0.3) is 0 Å². The molecule has 4 aromatic carbocycles. The lowest BCUT2D eigenvalue weighted by atomic mass is 10.1. The maximum Gasteiger partial charge on any atom is 0.119 e. The molecule has 0 fully saturated rings. The molecular formula is C29H27NO2. The van der Waals surface area contributed by atoms with Crippen LogP contribution in [0.25, 0.3) is 12.2 Å². The highest BCUT2D eigenvalue weighted by molar-refractivity contribution is 5.78. The Morgan fingerprint density at radius 3 is 1.22 bits per heavy atom. The van der Waals surface area contributed by atoms with Gasteiger partial charge in [0, 0.05) is 17.1 Å². The van der Waals surface area contributed by atoms with E-state index in [1.54, 1.807) is 14.2 Å². The van der Waals surface area contributed by atoms with E-state index in [-0.39, 0.29) is 0 Å². The van der Waals surface area contributed by atoms with Gasteiger partial charge in [-0.3, -0.25) is 0 Å². The van der Waals surface area contributed by atoms with E-state index in [9.17, 15) is 0 Å². The molecule has 3 heteroatoms. The highest BCUT2D eigenvalue weighted by Crippen LogP contribution is 2.36. The second-order valence-corrected chi connectivity index (χ2v) is 7.57. The summed E-state index contributed by atoms with van der Waals surface area (Å²) in [7, 11) is 3.36. The zero-order valence-corrected chi connectivity index (χ0v) is 18.7. The SMILES string of the molecule is COc1ccc(N(c2ccc(C=Cc3ccc(C)cc3)cc2)c2ccc(OC)cc2)cc1. The lowest BCUT2D eigenvalue weighted by molar-refractivity contribution is 0.415. The van der Waals surface area contributed by atoms with Crippen LogP contribution in [-0.4, -0.2) is 14.2 Å². The van der Waals surface area contributed by atoms with Crippen molar-refractivity contribution in [3.05, 3.63) is 114 Å². The second-order valence-electron chi connectivity index (χ2n) is 7.57. The van der Waals surface area contributed by atoms with Crippen molar-refractivity contribution in [1.82, 2.24) is 0 Å². The Balaban J connectivity index is 1.64. The monoisotopic (exact) mass is 421 g/mol. The molecule has 0 spiro atoms. The van der Waals surface area contributed by atoms with Gasteiger partial charge in [0.1, 0.15) is 11.5 Å². The minimum atomic E-state index is 0.833. The van der Waals surface area contributed by atoms with Gasteiger partial charge in [-0.05, 0) is 78.7 Å². The van der Waals surface area contributed by atoms with Crippen molar-refractivity contribution in [2.24, 2.45) is 0 Å². The standard InChI is InChI=1S/C29H27NO2/c1-22-4-6-23(7-5-22)8-9-24-10-12-25(13-11-24)30(26-14-18-28(31-2)19-15-26)27-16-20-29(32-3)21-17-27/h4-21H,1-3H3. The second kappa shape index (κ2) is 9.88. The van der Waals surface area contributed by atoms with Crippen LogP contribution in [0.5, 0.6) is 11.5 Å².